The van der Waals surface area contributed by atoms with Crippen LogP contribution in [-0.2, 0) is 20.0 Å². The van der Waals surface area contributed by atoms with E-state index in [1.165, 1.54) is 4.57 Å². The molecule has 2 aromatic rings. The highest BCUT2D eigenvalue weighted by Crippen LogP contribution is 2.14. The molecule has 0 saturated heterocycles. The van der Waals surface area contributed by atoms with E-state index in [1.807, 2.05) is 27.8 Å². The molecule has 0 atom stereocenters. The summed E-state index contributed by atoms with van der Waals surface area (Å²) in [5.41, 5.74) is 5.58. The quantitative estimate of drug-likeness (QED) is 0.904. The van der Waals surface area contributed by atoms with Gasteiger partial charge in [0.05, 0.1) is 0 Å². The van der Waals surface area contributed by atoms with E-state index in [9.17, 15) is 9.59 Å². The lowest BCUT2D eigenvalue weighted by atomic mass is 10.1. The molecule has 7 heteroatoms. The predicted octanol–water partition coefficient (Wildman–Crippen LogP) is 0.777. The Hall–Kier alpha value is -1.89. The van der Waals surface area contributed by atoms with Gasteiger partial charge in [-0.3, -0.25) is 13.9 Å². The first-order valence-electron chi connectivity index (χ1n) is 7.58. The fourth-order valence-electron chi connectivity index (χ4n) is 2.70. The Morgan fingerprint density at radius 1 is 1.27 bits per heavy atom. The molecule has 2 N–H and O–H groups in total. The van der Waals surface area contributed by atoms with Crippen LogP contribution < -0.4 is 17.0 Å². The largest absolute Gasteiger partial charge is 0.333 e. The highest BCUT2D eigenvalue weighted by Gasteiger charge is 2.23. The maximum atomic E-state index is 12.8. The van der Waals surface area contributed by atoms with Gasteiger partial charge >= 0.3 is 5.69 Å². The Morgan fingerprint density at radius 2 is 1.86 bits per heavy atom. The maximum Gasteiger partial charge on any atom is 0.333 e. The van der Waals surface area contributed by atoms with Gasteiger partial charge in [0.25, 0.3) is 5.56 Å². The summed E-state index contributed by atoms with van der Waals surface area (Å²) in [6.07, 6.45) is 0.694. The molecule has 0 radical (unpaired) electrons. The summed E-state index contributed by atoms with van der Waals surface area (Å²) in [5, 5.41) is 0. The monoisotopic (exact) mass is 307 g/mol. The first kappa shape index (κ1) is 16.5. The van der Waals surface area contributed by atoms with Crippen LogP contribution in [0.15, 0.2) is 9.59 Å². The van der Waals surface area contributed by atoms with Gasteiger partial charge in [-0.05, 0) is 27.7 Å². The third-order valence-electron chi connectivity index (χ3n) is 3.68. The first-order valence-corrected chi connectivity index (χ1v) is 7.58. The van der Waals surface area contributed by atoms with Crippen LogP contribution in [-0.4, -0.2) is 24.2 Å². The molecule has 0 aliphatic carbocycles. The molecule has 0 saturated carbocycles. The van der Waals surface area contributed by atoms with Gasteiger partial charge in [-0.2, -0.15) is 0 Å². The summed E-state index contributed by atoms with van der Waals surface area (Å²) < 4.78 is 4.57. The third-order valence-corrected chi connectivity index (χ3v) is 3.68. The van der Waals surface area contributed by atoms with E-state index >= 15 is 0 Å². The Balaban J connectivity index is 2.97. The van der Waals surface area contributed by atoms with Crippen molar-refractivity contribution in [1.82, 2.24) is 18.7 Å². The van der Waals surface area contributed by atoms with Crippen molar-refractivity contribution >= 4 is 11.2 Å². The molecule has 0 spiro atoms. The van der Waals surface area contributed by atoms with Gasteiger partial charge in [-0.1, -0.05) is 6.92 Å². The fourth-order valence-corrected chi connectivity index (χ4v) is 2.70. The highest BCUT2D eigenvalue weighted by molar-refractivity contribution is 5.71. The summed E-state index contributed by atoms with van der Waals surface area (Å²) in [6, 6.07) is -0.0951. The van der Waals surface area contributed by atoms with Crippen molar-refractivity contribution in [2.75, 3.05) is 0 Å². The number of fused-ring (bicyclic) bond motifs is 1. The predicted molar refractivity (Wildman–Crippen MR) is 87.3 cm³/mol. The Bertz CT molecular complexity index is 818. The molecule has 0 amide bonds. The Morgan fingerprint density at radius 3 is 2.32 bits per heavy atom. The van der Waals surface area contributed by atoms with Crippen molar-refractivity contribution in [3.05, 3.63) is 26.7 Å². The molecule has 2 heterocycles. The minimum Gasteiger partial charge on any atom is -0.325 e. The van der Waals surface area contributed by atoms with Crippen molar-refractivity contribution in [2.24, 2.45) is 12.8 Å². The van der Waals surface area contributed by atoms with E-state index in [4.69, 9.17) is 5.73 Å². The zero-order chi connectivity index (χ0) is 16.8. The topological polar surface area (TPSA) is 87.8 Å². The van der Waals surface area contributed by atoms with Crippen LogP contribution in [0, 0.1) is 0 Å². The minimum atomic E-state index is -0.655. The molecule has 0 aromatic carbocycles. The number of imidazole rings is 1. The molecule has 0 unspecified atom stereocenters. The molecular weight excluding hydrogens is 282 g/mol. The number of aromatic nitrogens is 4. The fraction of sp³-hybridized carbons (Fsp3) is 0.667. The average Bonchev–Trinajstić information content (AvgIpc) is 2.70. The van der Waals surface area contributed by atoms with Gasteiger partial charge < -0.3 is 10.3 Å². The SMILES string of the molecule is CCc1nc2c(c(=O)n(CC(C)(C)N)c(=O)n2C(C)C)n1C. The van der Waals surface area contributed by atoms with E-state index in [2.05, 4.69) is 4.98 Å². The van der Waals surface area contributed by atoms with Gasteiger partial charge in [0.2, 0.25) is 0 Å². The van der Waals surface area contributed by atoms with Gasteiger partial charge in [0, 0.05) is 31.6 Å². The van der Waals surface area contributed by atoms with Crippen LogP contribution in [0.2, 0.25) is 0 Å². The van der Waals surface area contributed by atoms with Crippen molar-refractivity contribution in [3.8, 4) is 0 Å². The molecule has 122 valence electrons. The lowest BCUT2D eigenvalue weighted by molar-refractivity contribution is 0.402. The summed E-state index contributed by atoms with van der Waals surface area (Å²) >= 11 is 0. The van der Waals surface area contributed by atoms with Gasteiger partial charge in [0.1, 0.15) is 5.82 Å². The molecule has 0 bridgehead atoms. The van der Waals surface area contributed by atoms with Crippen molar-refractivity contribution in [3.63, 3.8) is 0 Å². The second-order valence-corrected chi connectivity index (χ2v) is 6.74. The number of hydrogen-bond acceptors (Lipinski definition) is 4. The van der Waals surface area contributed by atoms with E-state index in [0.29, 0.717) is 17.6 Å². The lowest BCUT2D eigenvalue weighted by Crippen LogP contribution is -2.48. The van der Waals surface area contributed by atoms with E-state index in [-0.39, 0.29) is 23.8 Å². The van der Waals surface area contributed by atoms with Gasteiger partial charge in [-0.25, -0.2) is 9.78 Å². The Labute approximate surface area is 129 Å². The molecule has 0 aliphatic heterocycles. The third kappa shape index (κ3) is 2.61. The van der Waals surface area contributed by atoms with Crippen LogP contribution in [0.5, 0.6) is 0 Å². The van der Waals surface area contributed by atoms with Crippen molar-refractivity contribution in [1.29, 1.82) is 0 Å². The molecule has 2 rings (SSSR count). The van der Waals surface area contributed by atoms with Gasteiger partial charge in [0.15, 0.2) is 11.2 Å². The van der Waals surface area contributed by atoms with E-state index < -0.39 is 5.54 Å². The number of hydrogen-bond donors (Lipinski definition) is 1. The average molecular weight is 307 g/mol. The van der Waals surface area contributed by atoms with E-state index in [0.717, 1.165) is 5.82 Å². The molecule has 22 heavy (non-hydrogen) atoms. The number of nitrogens with two attached hydrogens (primary N) is 1. The number of nitrogens with zero attached hydrogens (tertiary/aromatic N) is 4. The summed E-state index contributed by atoms with van der Waals surface area (Å²) in [5.74, 6) is 0.783. The zero-order valence-corrected chi connectivity index (χ0v) is 14.2. The van der Waals surface area contributed by atoms with Crippen LogP contribution in [0.3, 0.4) is 0 Å². The summed E-state index contributed by atoms with van der Waals surface area (Å²) in [6.45, 7) is 9.54. The smallest absolute Gasteiger partial charge is 0.325 e. The van der Waals surface area contributed by atoms with Crippen LogP contribution in [0.1, 0.15) is 46.5 Å². The van der Waals surface area contributed by atoms with Crippen molar-refractivity contribution in [2.45, 2.75) is 59.2 Å². The summed E-state index contributed by atoms with van der Waals surface area (Å²) in [7, 11) is 1.81. The van der Waals surface area contributed by atoms with Crippen LogP contribution in [0.25, 0.3) is 11.2 Å². The number of aryl methyl sites for hydroxylation is 2. The van der Waals surface area contributed by atoms with Gasteiger partial charge in [-0.15, -0.1) is 0 Å². The first-order chi connectivity index (χ1) is 10.1. The van der Waals surface area contributed by atoms with Crippen molar-refractivity contribution < 1.29 is 0 Å². The summed E-state index contributed by atoms with van der Waals surface area (Å²) in [4.78, 5) is 30.0. The normalized spacial score (nSPS) is 12.5. The standard InChI is InChI=1S/C15H25N5O2/c1-7-10-17-12-11(18(10)6)13(21)19(8-15(4,5)16)14(22)20(12)9(2)3/h9H,7-8,16H2,1-6H3. The van der Waals surface area contributed by atoms with Crippen LogP contribution >= 0.6 is 0 Å². The zero-order valence-electron chi connectivity index (χ0n) is 14.2. The van der Waals surface area contributed by atoms with Crippen LogP contribution in [0.4, 0.5) is 0 Å². The maximum absolute atomic E-state index is 12.8. The minimum absolute atomic E-state index is 0.0951. The Kier molecular flexibility index (Phi) is 4.04. The van der Waals surface area contributed by atoms with E-state index in [1.54, 1.807) is 23.0 Å². The molecule has 2 aromatic heterocycles. The lowest BCUT2D eigenvalue weighted by Gasteiger charge is -2.21. The molecule has 7 nitrogen and oxygen atoms in total. The number of rotatable bonds is 4. The second kappa shape index (κ2) is 5.39. The highest BCUT2D eigenvalue weighted by atomic mass is 16.2. The molecule has 0 fully saturated rings. The second-order valence-electron chi connectivity index (χ2n) is 6.74. The molecule has 0 aliphatic rings. The molecular formula is C15H25N5O2.